The summed E-state index contributed by atoms with van der Waals surface area (Å²) < 4.78 is 27.2. The van der Waals surface area contributed by atoms with Crippen LogP contribution in [0.1, 0.15) is 42.9 Å². The number of unbranched alkanes of at least 4 members (excludes halogenated alkanes) is 1. The van der Waals surface area contributed by atoms with E-state index < -0.39 is 10.0 Å². The average Bonchev–Trinajstić information content (AvgIpc) is 2.70. The predicted octanol–water partition coefficient (Wildman–Crippen LogP) is 2.88. The van der Waals surface area contributed by atoms with E-state index in [1.54, 1.807) is 6.07 Å². The molecule has 0 unspecified atom stereocenters. The Kier molecular flexibility index (Phi) is 7.15. The van der Waals surface area contributed by atoms with Crippen LogP contribution < -0.4 is 10.0 Å². The molecule has 0 aliphatic rings. The molecule has 0 amide bonds. The first kappa shape index (κ1) is 17.6. The Morgan fingerprint density at radius 3 is 2.60 bits per heavy atom. The second-order valence-electron chi connectivity index (χ2n) is 5.45. The third-order valence-corrected chi connectivity index (χ3v) is 5.83. The van der Waals surface area contributed by atoms with Gasteiger partial charge in [0.05, 0.1) is 4.90 Å². The topological polar surface area (TPSA) is 58.2 Å². The van der Waals surface area contributed by atoms with Crippen molar-refractivity contribution in [2.75, 3.05) is 13.6 Å². The van der Waals surface area contributed by atoms with E-state index in [0.717, 1.165) is 29.0 Å². The molecule has 0 fully saturated rings. The number of hydrogen-bond acceptors (Lipinski definition) is 4. The zero-order valence-electron chi connectivity index (χ0n) is 12.8. The van der Waals surface area contributed by atoms with E-state index >= 15 is 0 Å². The number of thiophene rings is 1. The Morgan fingerprint density at radius 1 is 1.30 bits per heavy atom. The Hall–Kier alpha value is -0.430. The van der Waals surface area contributed by atoms with Crippen LogP contribution in [0, 0.1) is 12.8 Å². The first-order valence-corrected chi connectivity index (χ1v) is 9.40. The fourth-order valence-electron chi connectivity index (χ4n) is 2.01. The molecule has 116 valence electrons. The molecular weight excluding hydrogens is 292 g/mol. The van der Waals surface area contributed by atoms with Gasteiger partial charge in [-0.1, -0.05) is 26.7 Å². The van der Waals surface area contributed by atoms with Gasteiger partial charge in [0.15, 0.2) is 0 Å². The number of aryl methyl sites for hydroxylation is 1. The van der Waals surface area contributed by atoms with Crippen molar-refractivity contribution in [3.63, 3.8) is 0 Å². The zero-order chi connectivity index (χ0) is 15.2. The smallest absolute Gasteiger partial charge is 0.241 e. The van der Waals surface area contributed by atoms with Crippen LogP contribution in [0.15, 0.2) is 11.0 Å². The molecule has 0 aliphatic carbocycles. The third-order valence-electron chi connectivity index (χ3n) is 3.06. The van der Waals surface area contributed by atoms with Gasteiger partial charge in [0, 0.05) is 22.8 Å². The summed E-state index contributed by atoms with van der Waals surface area (Å²) in [5, 5.41) is 3.04. The van der Waals surface area contributed by atoms with Crippen molar-refractivity contribution < 1.29 is 8.42 Å². The SMILES string of the molecule is CNCc1cc(S(=O)(=O)NCCCCC(C)C)c(C)s1. The van der Waals surface area contributed by atoms with Crippen LogP contribution in [-0.4, -0.2) is 22.0 Å². The first-order valence-electron chi connectivity index (χ1n) is 7.10. The van der Waals surface area contributed by atoms with Gasteiger partial charge in [-0.25, -0.2) is 13.1 Å². The molecule has 1 aromatic rings. The van der Waals surface area contributed by atoms with Gasteiger partial charge in [0.1, 0.15) is 0 Å². The highest BCUT2D eigenvalue weighted by Crippen LogP contribution is 2.25. The van der Waals surface area contributed by atoms with Crippen LogP contribution in [0.4, 0.5) is 0 Å². The monoisotopic (exact) mass is 318 g/mol. The first-order chi connectivity index (χ1) is 9.36. The van der Waals surface area contributed by atoms with E-state index in [4.69, 9.17) is 0 Å². The van der Waals surface area contributed by atoms with E-state index in [1.165, 1.54) is 11.3 Å². The molecule has 0 spiro atoms. The summed E-state index contributed by atoms with van der Waals surface area (Å²) in [6.07, 6.45) is 3.10. The molecule has 0 aliphatic heterocycles. The van der Waals surface area contributed by atoms with Crippen molar-refractivity contribution in [2.45, 2.75) is 51.5 Å². The summed E-state index contributed by atoms with van der Waals surface area (Å²) in [4.78, 5) is 2.33. The maximum atomic E-state index is 12.2. The van der Waals surface area contributed by atoms with Gasteiger partial charge < -0.3 is 5.32 Å². The van der Waals surface area contributed by atoms with Gasteiger partial charge in [-0.15, -0.1) is 11.3 Å². The van der Waals surface area contributed by atoms with Gasteiger partial charge >= 0.3 is 0 Å². The lowest BCUT2D eigenvalue weighted by atomic mass is 10.1. The molecule has 4 nitrogen and oxygen atoms in total. The van der Waals surface area contributed by atoms with Gasteiger partial charge in [0.25, 0.3) is 0 Å². The van der Waals surface area contributed by atoms with Crippen LogP contribution in [0.3, 0.4) is 0 Å². The average molecular weight is 319 g/mol. The van der Waals surface area contributed by atoms with Crippen molar-refractivity contribution in [3.05, 3.63) is 15.8 Å². The number of nitrogens with one attached hydrogen (secondary N) is 2. The molecule has 6 heteroatoms. The van der Waals surface area contributed by atoms with Gasteiger partial charge in [-0.05, 0) is 32.4 Å². The minimum Gasteiger partial charge on any atom is -0.315 e. The summed E-state index contributed by atoms with van der Waals surface area (Å²) in [5.74, 6) is 0.676. The second-order valence-corrected chi connectivity index (χ2v) is 8.53. The largest absolute Gasteiger partial charge is 0.315 e. The van der Waals surface area contributed by atoms with E-state index in [2.05, 4.69) is 23.9 Å². The maximum Gasteiger partial charge on any atom is 0.241 e. The van der Waals surface area contributed by atoms with Crippen LogP contribution >= 0.6 is 11.3 Å². The van der Waals surface area contributed by atoms with Gasteiger partial charge in [-0.3, -0.25) is 0 Å². The highest BCUT2D eigenvalue weighted by Gasteiger charge is 2.19. The van der Waals surface area contributed by atoms with Crippen molar-refractivity contribution in [3.8, 4) is 0 Å². The lowest BCUT2D eigenvalue weighted by Gasteiger charge is -2.07. The number of rotatable bonds is 9. The Labute approximate surface area is 127 Å². The fraction of sp³-hybridized carbons (Fsp3) is 0.714. The van der Waals surface area contributed by atoms with Crippen molar-refractivity contribution >= 4 is 21.4 Å². The van der Waals surface area contributed by atoms with E-state index in [0.29, 0.717) is 23.9 Å². The summed E-state index contributed by atoms with van der Waals surface area (Å²) in [7, 11) is -1.50. The Morgan fingerprint density at radius 2 is 2.00 bits per heavy atom. The van der Waals surface area contributed by atoms with Gasteiger partial charge in [0.2, 0.25) is 10.0 Å². The minimum absolute atomic E-state index is 0.427. The number of hydrogen-bond donors (Lipinski definition) is 2. The predicted molar refractivity (Wildman–Crippen MR) is 85.7 cm³/mol. The molecule has 0 bridgehead atoms. The lowest BCUT2D eigenvalue weighted by Crippen LogP contribution is -2.25. The lowest BCUT2D eigenvalue weighted by molar-refractivity contribution is 0.530. The Balaban J connectivity index is 2.55. The highest BCUT2D eigenvalue weighted by molar-refractivity contribution is 7.89. The molecule has 1 aromatic heterocycles. The minimum atomic E-state index is -3.36. The zero-order valence-corrected chi connectivity index (χ0v) is 14.5. The fourth-order valence-corrected chi connectivity index (χ4v) is 4.73. The van der Waals surface area contributed by atoms with Crippen LogP contribution in [0.2, 0.25) is 0 Å². The van der Waals surface area contributed by atoms with Crippen molar-refractivity contribution in [1.29, 1.82) is 0 Å². The molecule has 0 aromatic carbocycles. The molecule has 0 radical (unpaired) electrons. The highest BCUT2D eigenvalue weighted by atomic mass is 32.2. The van der Waals surface area contributed by atoms with E-state index in [-0.39, 0.29) is 0 Å². The normalized spacial score (nSPS) is 12.2. The molecular formula is C14H26N2O2S2. The second kappa shape index (κ2) is 8.12. The summed E-state index contributed by atoms with van der Waals surface area (Å²) >= 11 is 1.53. The summed E-state index contributed by atoms with van der Waals surface area (Å²) in [6, 6.07) is 1.77. The molecule has 0 saturated heterocycles. The molecule has 1 heterocycles. The Bertz CT molecular complexity index is 507. The van der Waals surface area contributed by atoms with Crippen LogP contribution in [-0.2, 0) is 16.6 Å². The third kappa shape index (κ3) is 5.52. The van der Waals surface area contributed by atoms with Crippen molar-refractivity contribution in [1.82, 2.24) is 10.0 Å². The van der Waals surface area contributed by atoms with Crippen LogP contribution in [0.5, 0.6) is 0 Å². The number of sulfonamides is 1. The van der Waals surface area contributed by atoms with Crippen molar-refractivity contribution in [2.24, 2.45) is 5.92 Å². The van der Waals surface area contributed by atoms with E-state index in [9.17, 15) is 8.42 Å². The van der Waals surface area contributed by atoms with E-state index in [1.807, 2.05) is 14.0 Å². The quantitative estimate of drug-likeness (QED) is 0.688. The molecule has 20 heavy (non-hydrogen) atoms. The molecule has 1 rings (SSSR count). The molecule has 2 N–H and O–H groups in total. The summed E-state index contributed by atoms with van der Waals surface area (Å²) in [5.41, 5.74) is 0. The molecule has 0 atom stereocenters. The van der Waals surface area contributed by atoms with Crippen LogP contribution in [0.25, 0.3) is 0 Å². The van der Waals surface area contributed by atoms with Gasteiger partial charge in [-0.2, -0.15) is 0 Å². The summed E-state index contributed by atoms with van der Waals surface area (Å²) in [6.45, 7) is 7.45. The standard InChI is InChI=1S/C14H26N2O2S2/c1-11(2)7-5-6-8-16-20(17,18)14-9-13(10-15-4)19-12(14)3/h9,11,15-16H,5-8,10H2,1-4H3. The molecule has 0 saturated carbocycles. The maximum absolute atomic E-state index is 12.2.